The molecule has 0 bridgehead atoms. The largest absolute Gasteiger partial charge is 0.416 e. The maximum absolute atomic E-state index is 13.2. The first-order valence-electron chi connectivity index (χ1n) is 8.66. The van der Waals surface area contributed by atoms with Crippen LogP contribution in [0.2, 0.25) is 0 Å². The average molecular weight is 395 g/mol. The molecule has 2 heterocycles. The number of pyridine rings is 1. The fourth-order valence-corrected chi connectivity index (χ4v) is 3.31. The van der Waals surface area contributed by atoms with Crippen LogP contribution in [0.15, 0.2) is 35.3 Å². The second-order valence-corrected chi connectivity index (χ2v) is 6.66. The van der Waals surface area contributed by atoms with Crippen LogP contribution in [0, 0.1) is 6.92 Å². The third-order valence-corrected chi connectivity index (χ3v) is 4.78. The molecule has 150 valence electrons. The predicted octanol–water partition coefficient (Wildman–Crippen LogP) is 2.47. The van der Waals surface area contributed by atoms with Crippen molar-refractivity contribution in [2.24, 2.45) is 7.05 Å². The Morgan fingerprint density at radius 3 is 2.64 bits per heavy atom. The summed E-state index contributed by atoms with van der Waals surface area (Å²) >= 11 is 0. The van der Waals surface area contributed by atoms with Gasteiger partial charge in [-0.05, 0) is 36.6 Å². The van der Waals surface area contributed by atoms with Gasteiger partial charge in [0, 0.05) is 25.4 Å². The molecule has 0 aliphatic heterocycles. The van der Waals surface area contributed by atoms with Gasteiger partial charge in [0.15, 0.2) is 5.65 Å². The Morgan fingerprint density at radius 1 is 1.29 bits per heavy atom. The van der Waals surface area contributed by atoms with E-state index in [4.69, 9.17) is 5.11 Å². The molecule has 0 radical (unpaired) electrons. The van der Waals surface area contributed by atoms with Crippen LogP contribution in [0.4, 0.5) is 13.2 Å². The summed E-state index contributed by atoms with van der Waals surface area (Å²) in [5, 5.41) is 18.9. The predicted molar refractivity (Wildman–Crippen MR) is 97.9 cm³/mol. The molecule has 0 aliphatic rings. The normalized spacial score (nSPS) is 13.2. The number of aliphatic hydroxyl groups is 2. The molecule has 0 amide bonds. The van der Waals surface area contributed by atoms with Crippen molar-refractivity contribution < 1.29 is 23.4 Å². The molecule has 1 aromatic carbocycles. The van der Waals surface area contributed by atoms with Gasteiger partial charge in [0.25, 0.3) is 0 Å². The van der Waals surface area contributed by atoms with E-state index >= 15 is 0 Å². The highest BCUT2D eigenvalue weighted by molar-refractivity contribution is 5.80. The molecule has 0 fully saturated rings. The fraction of sp³-hybridized carbons (Fsp3) is 0.368. The number of imidazole rings is 1. The maximum atomic E-state index is 13.2. The standard InChI is InChI=1S/C19H20F3N3O3/c1-11-14(4-3-5-15(11)19(20,21)22)12-8-16-17(23-9-12)24(2)18(28)25(16)10-13(27)6-7-26/h3-5,8-9,13,26-27H,6-7,10H2,1-2H3. The van der Waals surface area contributed by atoms with E-state index in [1.807, 2.05) is 0 Å². The molecule has 0 saturated carbocycles. The Hall–Kier alpha value is -2.65. The molecule has 2 N–H and O–H groups in total. The number of rotatable bonds is 5. The monoisotopic (exact) mass is 395 g/mol. The minimum absolute atomic E-state index is 0.0521. The van der Waals surface area contributed by atoms with Crippen LogP contribution in [0.3, 0.4) is 0 Å². The maximum Gasteiger partial charge on any atom is 0.416 e. The van der Waals surface area contributed by atoms with Crippen LogP contribution in [-0.2, 0) is 19.8 Å². The van der Waals surface area contributed by atoms with Gasteiger partial charge >= 0.3 is 11.9 Å². The molecule has 28 heavy (non-hydrogen) atoms. The number of alkyl halides is 3. The molecule has 3 aromatic rings. The van der Waals surface area contributed by atoms with E-state index in [0.29, 0.717) is 22.3 Å². The number of benzene rings is 1. The van der Waals surface area contributed by atoms with Gasteiger partial charge in [-0.15, -0.1) is 0 Å². The lowest BCUT2D eigenvalue weighted by Gasteiger charge is -2.14. The summed E-state index contributed by atoms with van der Waals surface area (Å²) in [6.07, 6.45) is -3.88. The molecule has 0 aliphatic carbocycles. The first-order chi connectivity index (χ1) is 13.1. The van der Waals surface area contributed by atoms with E-state index in [9.17, 15) is 23.1 Å². The summed E-state index contributed by atoms with van der Waals surface area (Å²) in [5.74, 6) is 0. The number of hydrogen-bond donors (Lipinski definition) is 2. The molecule has 0 spiro atoms. The topological polar surface area (TPSA) is 80.3 Å². The number of fused-ring (bicyclic) bond motifs is 1. The number of halogens is 3. The van der Waals surface area contributed by atoms with Crippen LogP contribution in [-0.4, -0.2) is 37.0 Å². The van der Waals surface area contributed by atoms with Crippen LogP contribution >= 0.6 is 0 Å². The van der Waals surface area contributed by atoms with E-state index in [0.717, 1.165) is 6.07 Å². The molecular weight excluding hydrogens is 375 g/mol. The highest BCUT2D eigenvalue weighted by Gasteiger charge is 2.33. The second kappa shape index (κ2) is 7.40. The molecule has 2 aromatic heterocycles. The summed E-state index contributed by atoms with van der Waals surface area (Å²) in [6, 6.07) is 5.52. The van der Waals surface area contributed by atoms with Crippen molar-refractivity contribution in [1.82, 2.24) is 14.1 Å². The van der Waals surface area contributed by atoms with Gasteiger partial charge in [0.2, 0.25) is 0 Å². The molecule has 3 rings (SSSR count). The van der Waals surface area contributed by atoms with Crippen molar-refractivity contribution in [3.8, 4) is 11.1 Å². The van der Waals surface area contributed by atoms with Crippen molar-refractivity contribution >= 4 is 11.2 Å². The van der Waals surface area contributed by atoms with Crippen molar-refractivity contribution in [3.63, 3.8) is 0 Å². The zero-order valence-corrected chi connectivity index (χ0v) is 15.4. The van der Waals surface area contributed by atoms with Crippen LogP contribution < -0.4 is 5.69 Å². The first-order valence-corrected chi connectivity index (χ1v) is 8.66. The Balaban J connectivity index is 2.17. The third kappa shape index (κ3) is 3.55. The van der Waals surface area contributed by atoms with E-state index in [-0.39, 0.29) is 25.1 Å². The van der Waals surface area contributed by atoms with Crippen LogP contribution in [0.1, 0.15) is 17.5 Å². The van der Waals surface area contributed by atoms with Crippen LogP contribution in [0.25, 0.3) is 22.3 Å². The lowest BCUT2D eigenvalue weighted by atomic mass is 9.97. The van der Waals surface area contributed by atoms with Crippen molar-refractivity contribution in [1.29, 1.82) is 0 Å². The molecule has 9 heteroatoms. The lowest BCUT2D eigenvalue weighted by molar-refractivity contribution is -0.138. The third-order valence-electron chi connectivity index (χ3n) is 4.78. The fourth-order valence-electron chi connectivity index (χ4n) is 3.31. The van der Waals surface area contributed by atoms with Gasteiger partial charge in [-0.1, -0.05) is 12.1 Å². The van der Waals surface area contributed by atoms with Gasteiger partial charge in [0.1, 0.15) is 0 Å². The van der Waals surface area contributed by atoms with Crippen molar-refractivity contribution in [3.05, 3.63) is 52.1 Å². The highest BCUT2D eigenvalue weighted by Crippen LogP contribution is 2.36. The average Bonchev–Trinajstić information content (AvgIpc) is 2.85. The molecule has 1 atom stereocenters. The minimum Gasteiger partial charge on any atom is -0.396 e. The van der Waals surface area contributed by atoms with E-state index in [1.165, 1.54) is 35.4 Å². The molecule has 6 nitrogen and oxygen atoms in total. The van der Waals surface area contributed by atoms with Gasteiger partial charge < -0.3 is 10.2 Å². The smallest absolute Gasteiger partial charge is 0.396 e. The van der Waals surface area contributed by atoms with Gasteiger partial charge in [-0.25, -0.2) is 9.78 Å². The zero-order valence-electron chi connectivity index (χ0n) is 15.4. The number of hydrogen-bond acceptors (Lipinski definition) is 4. The molecular formula is C19H20F3N3O3. The van der Waals surface area contributed by atoms with Gasteiger partial charge in [-0.2, -0.15) is 13.2 Å². The summed E-state index contributed by atoms with van der Waals surface area (Å²) < 4.78 is 42.3. The van der Waals surface area contributed by atoms with Crippen molar-refractivity contribution in [2.45, 2.75) is 32.2 Å². The van der Waals surface area contributed by atoms with E-state index in [2.05, 4.69) is 4.98 Å². The number of nitrogens with zero attached hydrogens (tertiary/aromatic N) is 3. The Bertz CT molecular complexity index is 1070. The summed E-state index contributed by atoms with van der Waals surface area (Å²) in [7, 11) is 1.53. The Morgan fingerprint density at radius 2 is 2.00 bits per heavy atom. The van der Waals surface area contributed by atoms with E-state index < -0.39 is 23.5 Å². The molecule has 0 saturated heterocycles. The lowest BCUT2D eigenvalue weighted by Crippen LogP contribution is -2.28. The summed E-state index contributed by atoms with van der Waals surface area (Å²) in [4.78, 5) is 16.7. The van der Waals surface area contributed by atoms with Gasteiger partial charge in [0.05, 0.1) is 23.7 Å². The highest BCUT2D eigenvalue weighted by atomic mass is 19.4. The Labute approximate surface area is 158 Å². The number of aromatic nitrogens is 3. The number of aliphatic hydroxyl groups excluding tert-OH is 2. The summed E-state index contributed by atoms with van der Waals surface area (Å²) in [5.41, 5.74) is 0.496. The van der Waals surface area contributed by atoms with E-state index in [1.54, 1.807) is 12.1 Å². The minimum atomic E-state index is -4.47. The number of aryl methyl sites for hydroxylation is 1. The first kappa shape index (κ1) is 20.1. The second-order valence-electron chi connectivity index (χ2n) is 6.66. The van der Waals surface area contributed by atoms with Crippen LogP contribution in [0.5, 0.6) is 0 Å². The van der Waals surface area contributed by atoms with Gasteiger partial charge in [-0.3, -0.25) is 9.13 Å². The van der Waals surface area contributed by atoms with Crippen molar-refractivity contribution in [2.75, 3.05) is 6.61 Å². The Kier molecular flexibility index (Phi) is 5.31. The molecule has 1 unspecified atom stereocenters. The summed E-state index contributed by atoms with van der Waals surface area (Å²) in [6.45, 7) is 1.11. The quantitative estimate of drug-likeness (QED) is 0.696. The zero-order chi connectivity index (χ0) is 20.6. The SMILES string of the molecule is Cc1c(-c2cnc3c(c2)n(CC(O)CCO)c(=O)n3C)cccc1C(F)(F)F.